The second kappa shape index (κ2) is 9.49. The molecule has 1 aromatic heterocycles. The van der Waals surface area contributed by atoms with E-state index in [0.717, 1.165) is 63.0 Å². The lowest BCUT2D eigenvalue weighted by atomic mass is 9.87. The third-order valence-electron chi connectivity index (χ3n) is 8.78. The van der Waals surface area contributed by atoms with Crippen LogP contribution in [-0.4, -0.2) is 69.1 Å². The zero-order valence-electron chi connectivity index (χ0n) is 20.8. The molecule has 198 valence electrons. The molecule has 1 aliphatic carbocycles. The Bertz CT molecular complexity index is 1160. The van der Waals surface area contributed by atoms with Crippen LogP contribution in [0.5, 0.6) is 5.75 Å². The van der Waals surface area contributed by atoms with Crippen LogP contribution in [0.4, 0.5) is 18.0 Å². The Labute approximate surface area is 215 Å². The van der Waals surface area contributed by atoms with Crippen molar-refractivity contribution in [1.29, 1.82) is 0 Å². The van der Waals surface area contributed by atoms with Crippen LogP contribution < -0.4 is 0 Å². The van der Waals surface area contributed by atoms with Crippen LogP contribution >= 0.6 is 0 Å². The summed E-state index contributed by atoms with van der Waals surface area (Å²) in [6.45, 7) is 3.23. The SMILES string of the molecule is O=C(N1CCc2ncc(C(F)(F)F)cc2C1)N1CC[C@@H](N2CCC(c3ccccc3O)CC2)[C@@H]1C1CC1. The van der Waals surface area contributed by atoms with Crippen LogP contribution in [-0.2, 0) is 19.1 Å². The Morgan fingerprint density at radius 3 is 2.46 bits per heavy atom. The van der Waals surface area contributed by atoms with Gasteiger partial charge < -0.3 is 14.9 Å². The summed E-state index contributed by atoms with van der Waals surface area (Å²) in [7, 11) is 0. The highest BCUT2D eigenvalue weighted by molar-refractivity contribution is 5.76. The number of para-hydroxylation sites is 1. The van der Waals surface area contributed by atoms with Gasteiger partial charge >= 0.3 is 12.2 Å². The van der Waals surface area contributed by atoms with Crippen LogP contribution in [0.1, 0.15) is 60.4 Å². The molecule has 1 saturated carbocycles. The molecule has 6 nitrogen and oxygen atoms in total. The molecule has 2 aromatic rings. The van der Waals surface area contributed by atoms with Crippen molar-refractivity contribution >= 4 is 6.03 Å². The molecule has 3 aliphatic heterocycles. The lowest BCUT2D eigenvalue weighted by Gasteiger charge is -2.41. The van der Waals surface area contributed by atoms with Crippen LogP contribution in [0.25, 0.3) is 0 Å². The summed E-state index contributed by atoms with van der Waals surface area (Å²) >= 11 is 0. The first kappa shape index (κ1) is 24.5. The van der Waals surface area contributed by atoms with Gasteiger partial charge in [-0.1, -0.05) is 18.2 Å². The molecular formula is C28H33F3N4O2. The van der Waals surface area contributed by atoms with Crippen LogP contribution in [0.15, 0.2) is 36.5 Å². The fourth-order valence-corrected chi connectivity index (χ4v) is 6.73. The lowest BCUT2D eigenvalue weighted by Crippen LogP contribution is -2.53. The molecule has 2 atom stereocenters. The quantitative estimate of drug-likeness (QED) is 0.625. The number of fused-ring (bicyclic) bond motifs is 1. The molecule has 0 spiro atoms. The molecule has 2 saturated heterocycles. The van der Waals surface area contributed by atoms with Gasteiger partial charge in [-0.05, 0) is 80.3 Å². The Morgan fingerprint density at radius 2 is 1.76 bits per heavy atom. The van der Waals surface area contributed by atoms with Gasteiger partial charge in [-0.2, -0.15) is 13.2 Å². The van der Waals surface area contributed by atoms with Crippen molar-refractivity contribution in [3.8, 4) is 5.75 Å². The third kappa shape index (κ3) is 4.78. The largest absolute Gasteiger partial charge is 0.508 e. The van der Waals surface area contributed by atoms with Crippen LogP contribution in [0.3, 0.4) is 0 Å². The maximum Gasteiger partial charge on any atom is 0.417 e. The molecule has 37 heavy (non-hydrogen) atoms. The maximum absolute atomic E-state index is 13.7. The topological polar surface area (TPSA) is 59.9 Å². The summed E-state index contributed by atoms with van der Waals surface area (Å²) in [6, 6.07) is 9.18. The van der Waals surface area contributed by atoms with Gasteiger partial charge in [0.05, 0.1) is 11.6 Å². The van der Waals surface area contributed by atoms with Gasteiger partial charge in [0.15, 0.2) is 0 Å². The van der Waals surface area contributed by atoms with E-state index in [1.54, 1.807) is 11.0 Å². The van der Waals surface area contributed by atoms with E-state index >= 15 is 0 Å². The Hall–Kier alpha value is -2.81. The first-order valence-corrected chi connectivity index (χ1v) is 13.4. The molecule has 6 rings (SSSR count). The zero-order chi connectivity index (χ0) is 25.7. The molecule has 3 fully saturated rings. The Morgan fingerprint density at radius 1 is 1.00 bits per heavy atom. The number of halogens is 3. The zero-order valence-corrected chi connectivity index (χ0v) is 20.8. The fraction of sp³-hybridized carbons (Fsp3) is 0.571. The minimum atomic E-state index is -4.44. The van der Waals surface area contributed by atoms with E-state index in [4.69, 9.17) is 0 Å². The van der Waals surface area contributed by atoms with Gasteiger partial charge in [-0.3, -0.25) is 9.88 Å². The predicted molar refractivity (Wildman–Crippen MR) is 132 cm³/mol. The molecule has 2 amide bonds. The molecule has 4 heterocycles. The number of hydrogen-bond acceptors (Lipinski definition) is 4. The van der Waals surface area contributed by atoms with Crippen LogP contribution in [0, 0.1) is 5.92 Å². The van der Waals surface area contributed by atoms with Gasteiger partial charge in [0, 0.05) is 44.0 Å². The molecule has 1 aromatic carbocycles. The number of alkyl halides is 3. The third-order valence-corrected chi connectivity index (χ3v) is 8.78. The number of rotatable bonds is 3. The number of piperidine rings is 1. The summed E-state index contributed by atoms with van der Waals surface area (Å²) in [6.07, 6.45) is 2.07. The van der Waals surface area contributed by atoms with E-state index in [-0.39, 0.29) is 18.6 Å². The smallest absolute Gasteiger partial charge is 0.417 e. The molecule has 1 N–H and O–H groups in total. The van der Waals surface area contributed by atoms with Crippen molar-refractivity contribution in [2.45, 2.75) is 69.2 Å². The molecule has 0 radical (unpaired) electrons. The van der Waals surface area contributed by atoms with Crippen molar-refractivity contribution < 1.29 is 23.1 Å². The van der Waals surface area contributed by atoms with Gasteiger partial charge in [0.25, 0.3) is 0 Å². The number of hydrogen-bond donors (Lipinski definition) is 1. The minimum Gasteiger partial charge on any atom is -0.508 e. The number of urea groups is 1. The summed E-state index contributed by atoms with van der Waals surface area (Å²) < 4.78 is 39.7. The van der Waals surface area contributed by atoms with E-state index in [2.05, 4.69) is 9.88 Å². The number of phenols is 1. The van der Waals surface area contributed by atoms with E-state index in [9.17, 15) is 23.1 Å². The summed E-state index contributed by atoms with van der Waals surface area (Å²) in [4.78, 5) is 24.0. The number of carbonyl (C=O) groups is 1. The maximum atomic E-state index is 13.7. The second-order valence-corrected chi connectivity index (χ2v) is 11.0. The van der Waals surface area contributed by atoms with Gasteiger partial charge in [0.1, 0.15) is 5.75 Å². The second-order valence-electron chi connectivity index (χ2n) is 11.0. The summed E-state index contributed by atoms with van der Waals surface area (Å²) in [5.74, 6) is 1.22. The number of nitrogens with zero attached hydrogens (tertiary/aromatic N) is 4. The Balaban J connectivity index is 1.13. The number of pyridine rings is 1. The van der Waals surface area contributed by atoms with E-state index in [1.165, 1.54) is 0 Å². The van der Waals surface area contributed by atoms with Crippen molar-refractivity contribution in [2.24, 2.45) is 5.92 Å². The fourth-order valence-electron chi connectivity index (χ4n) is 6.73. The average Bonchev–Trinajstić information content (AvgIpc) is 3.65. The first-order valence-electron chi connectivity index (χ1n) is 13.4. The standard InChI is InChI=1S/C28H33F3N4O2/c29-28(30,31)21-15-20-17-34(13-9-23(20)32-16-21)27(37)35-14-10-24(26(35)19-5-6-19)33-11-7-18(8-12-33)22-3-1-2-4-25(22)36/h1-4,15-16,18-19,24,26,36H,5-14,17H2/t24-,26+/m1/s1. The molecule has 0 bridgehead atoms. The Kier molecular flexibility index (Phi) is 6.29. The number of aromatic hydroxyl groups is 1. The highest BCUT2D eigenvalue weighted by Gasteiger charge is 2.49. The van der Waals surface area contributed by atoms with E-state index < -0.39 is 11.7 Å². The number of carbonyl (C=O) groups excluding carboxylic acids is 1. The average molecular weight is 515 g/mol. The number of benzene rings is 1. The van der Waals surface area contributed by atoms with Gasteiger partial charge in [-0.25, -0.2) is 4.79 Å². The van der Waals surface area contributed by atoms with Crippen molar-refractivity contribution in [3.05, 3.63) is 58.9 Å². The number of likely N-dealkylation sites (tertiary alicyclic amines) is 2. The van der Waals surface area contributed by atoms with E-state index in [0.29, 0.717) is 54.4 Å². The van der Waals surface area contributed by atoms with Crippen molar-refractivity contribution in [1.82, 2.24) is 19.7 Å². The van der Waals surface area contributed by atoms with Gasteiger partial charge in [-0.15, -0.1) is 0 Å². The number of amides is 2. The highest BCUT2D eigenvalue weighted by atomic mass is 19.4. The molecule has 9 heteroatoms. The minimum absolute atomic E-state index is 0.0495. The number of aromatic nitrogens is 1. The van der Waals surface area contributed by atoms with Crippen molar-refractivity contribution in [2.75, 3.05) is 26.2 Å². The van der Waals surface area contributed by atoms with Crippen molar-refractivity contribution in [3.63, 3.8) is 0 Å². The predicted octanol–water partition coefficient (Wildman–Crippen LogP) is 5.02. The summed E-state index contributed by atoms with van der Waals surface area (Å²) in [5, 5.41) is 10.3. The van der Waals surface area contributed by atoms with E-state index in [1.807, 2.05) is 23.1 Å². The molecular weight excluding hydrogens is 481 g/mol. The number of phenolic OH excluding ortho intramolecular Hbond substituents is 1. The summed E-state index contributed by atoms with van der Waals surface area (Å²) in [5.41, 5.74) is 1.42. The molecule has 0 unspecified atom stereocenters. The lowest BCUT2D eigenvalue weighted by molar-refractivity contribution is -0.137. The van der Waals surface area contributed by atoms with Crippen LogP contribution in [0.2, 0.25) is 0 Å². The molecule has 4 aliphatic rings. The monoisotopic (exact) mass is 514 g/mol. The highest BCUT2D eigenvalue weighted by Crippen LogP contribution is 2.44. The first-order chi connectivity index (χ1) is 17.8. The van der Waals surface area contributed by atoms with Gasteiger partial charge in [0.2, 0.25) is 0 Å². The normalized spacial score (nSPS) is 25.4.